The number of likely N-dealkylation sites (tertiary alicyclic amines) is 1. The number of amides is 4. The summed E-state index contributed by atoms with van der Waals surface area (Å²) in [4.78, 5) is 32.1. The minimum atomic E-state index is -1.04. The third-order valence-corrected chi connectivity index (χ3v) is 8.91. The molecule has 2 fully saturated rings. The van der Waals surface area contributed by atoms with Gasteiger partial charge < -0.3 is 10.2 Å². The molecule has 0 bridgehead atoms. The molecule has 41 heavy (non-hydrogen) atoms. The van der Waals surface area contributed by atoms with Gasteiger partial charge in [0.15, 0.2) is 11.6 Å². The molecule has 1 saturated carbocycles. The molecule has 0 spiro atoms. The SMILES string of the molecule is CN(C(=O)N1C(=O)Nc2ccccc2C1c1ccc(F)c(F)c1)C1CN([C@H]2CC[C@H](c3ccccc3C#N)CC2)C1. The van der Waals surface area contributed by atoms with Crippen LogP contribution in [-0.2, 0) is 0 Å². The van der Waals surface area contributed by atoms with E-state index in [2.05, 4.69) is 22.4 Å². The smallest absolute Gasteiger partial charge is 0.322 e. The summed E-state index contributed by atoms with van der Waals surface area (Å²) in [5.41, 5.74) is 3.37. The van der Waals surface area contributed by atoms with Gasteiger partial charge in [0.2, 0.25) is 0 Å². The normalized spacial score (nSPS) is 22.7. The molecule has 210 valence electrons. The molecular formula is C32H31F2N5O2. The summed E-state index contributed by atoms with van der Waals surface area (Å²) in [6, 6.07) is 19.0. The maximum absolute atomic E-state index is 14.3. The molecule has 1 saturated heterocycles. The van der Waals surface area contributed by atoms with Crippen molar-refractivity contribution < 1.29 is 18.4 Å². The first kappa shape index (κ1) is 26.9. The minimum absolute atomic E-state index is 0.0740. The number of para-hydroxylation sites is 1. The Balaban J connectivity index is 1.13. The Labute approximate surface area is 238 Å². The van der Waals surface area contributed by atoms with Crippen molar-refractivity contribution in [1.29, 1.82) is 5.26 Å². The van der Waals surface area contributed by atoms with Crippen LogP contribution in [0.2, 0.25) is 0 Å². The van der Waals surface area contributed by atoms with Gasteiger partial charge in [0.25, 0.3) is 0 Å². The molecule has 2 heterocycles. The number of anilines is 1. The minimum Gasteiger partial charge on any atom is -0.322 e. The predicted octanol–water partition coefficient (Wildman–Crippen LogP) is 6.24. The third kappa shape index (κ3) is 4.93. The van der Waals surface area contributed by atoms with Gasteiger partial charge in [-0.1, -0.05) is 42.5 Å². The highest BCUT2D eigenvalue weighted by Crippen LogP contribution is 2.40. The highest BCUT2D eigenvalue weighted by Gasteiger charge is 2.44. The first-order valence-corrected chi connectivity index (χ1v) is 14.0. The van der Waals surface area contributed by atoms with Gasteiger partial charge in [0, 0.05) is 37.4 Å². The number of nitriles is 1. The fourth-order valence-electron chi connectivity index (χ4n) is 6.55. The summed E-state index contributed by atoms with van der Waals surface area (Å²) in [7, 11) is 1.69. The Hall–Kier alpha value is -4.29. The molecule has 1 N–H and O–H groups in total. The number of nitrogens with one attached hydrogen (secondary N) is 1. The van der Waals surface area contributed by atoms with Crippen LogP contribution in [0, 0.1) is 23.0 Å². The second-order valence-electron chi connectivity index (χ2n) is 11.2. The van der Waals surface area contributed by atoms with Crippen LogP contribution in [0.5, 0.6) is 0 Å². The Bertz CT molecular complexity index is 1520. The quantitative estimate of drug-likeness (QED) is 0.414. The van der Waals surface area contributed by atoms with Crippen LogP contribution in [0.15, 0.2) is 66.7 Å². The summed E-state index contributed by atoms with van der Waals surface area (Å²) >= 11 is 0. The summed E-state index contributed by atoms with van der Waals surface area (Å²) in [6.45, 7) is 1.41. The van der Waals surface area contributed by atoms with Gasteiger partial charge in [-0.2, -0.15) is 5.26 Å². The summed E-state index contributed by atoms with van der Waals surface area (Å²) in [5.74, 6) is -1.64. The average Bonchev–Trinajstić information content (AvgIpc) is 2.97. The number of imide groups is 1. The van der Waals surface area contributed by atoms with Crippen LogP contribution in [0.25, 0.3) is 0 Å². The zero-order valence-electron chi connectivity index (χ0n) is 22.8. The molecule has 3 aromatic carbocycles. The maximum atomic E-state index is 14.3. The van der Waals surface area contributed by atoms with Crippen LogP contribution >= 0.6 is 0 Å². The van der Waals surface area contributed by atoms with Gasteiger partial charge in [0.05, 0.1) is 23.7 Å². The van der Waals surface area contributed by atoms with Crippen molar-refractivity contribution in [3.63, 3.8) is 0 Å². The zero-order chi connectivity index (χ0) is 28.7. The van der Waals surface area contributed by atoms with Crippen LogP contribution in [0.3, 0.4) is 0 Å². The van der Waals surface area contributed by atoms with E-state index >= 15 is 0 Å². The Morgan fingerprint density at radius 2 is 1.63 bits per heavy atom. The standard InChI is InChI=1S/C32H31F2N5O2/c1-37(24-18-38(19-24)23-13-10-20(11-14-23)25-7-3-2-6-22(25)17-35)32(41)39-30(21-12-15-27(33)28(34)16-21)26-8-4-5-9-29(26)36-31(39)40/h2-9,12,15-16,20,23-24,30H,10-11,13-14,18-19H2,1H3,(H,36,40)/t20-,23-,30?. The number of carbonyl (C=O) groups excluding carboxylic acids is 2. The number of likely N-dealkylation sites (N-methyl/N-ethyl adjacent to an activating group) is 1. The fourth-order valence-corrected chi connectivity index (χ4v) is 6.55. The van der Waals surface area contributed by atoms with Crippen LogP contribution in [0.1, 0.15) is 59.9 Å². The molecule has 1 unspecified atom stereocenters. The molecule has 7 nitrogen and oxygen atoms in total. The Morgan fingerprint density at radius 3 is 2.34 bits per heavy atom. The Kier molecular flexibility index (Phi) is 7.18. The zero-order valence-corrected chi connectivity index (χ0v) is 22.8. The largest absolute Gasteiger partial charge is 0.330 e. The lowest BCUT2D eigenvalue weighted by molar-refractivity contribution is 0.0113. The van der Waals surface area contributed by atoms with Crippen molar-refractivity contribution in [3.05, 3.63) is 101 Å². The lowest BCUT2D eigenvalue weighted by atomic mass is 9.79. The molecule has 1 aliphatic carbocycles. The molecular weight excluding hydrogens is 524 g/mol. The molecule has 9 heteroatoms. The summed E-state index contributed by atoms with van der Waals surface area (Å²) in [6.07, 6.45) is 4.09. The van der Waals surface area contributed by atoms with E-state index in [0.717, 1.165) is 53.8 Å². The number of benzene rings is 3. The van der Waals surface area contributed by atoms with Crippen LogP contribution in [-0.4, -0.2) is 59.0 Å². The lowest BCUT2D eigenvalue weighted by Gasteiger charge is -2.50. The van der Waals surface area contributed by atoms with E-state index in [1.165, 1.54) is 6.07 Å². The number of hydrogen-bond donors (Lipinski definition) is 1. The maximum Gasteiger partial charge on any atom is 0.330 e. The van der Waals surface area contributed by atoms with Crippen molar-refractivity contribution in [3.8, 4) is 6.07 Å². The van der Waals surface area contributed by atoms with Crippen molar-refractivity contribution in [1.82, 2.24) is 14.7 Å². The van der Waals surface area contributed by atoms with Gasteiger partial charge in [-0.25, -0.2) is 23.3 Å². The van der Waals surface area contributed by atoms with Gasteiger partial charge in [-0.05, 0) is 67.0 Å². The number of carbonyl (C=O) groups is 2. The number of halogens is 2. The van der Waals surface area contributed by atoms with Crippen LogP contribution < -0.4 is 5.32 Å². The van der Waals surface area contributed by atoms with E-state index in [4.69, 9.17) is 0 Å². The van der Waals surface area contributed by atoms with Crippen molar-refractivity contribution in [2.75, 3.05) is 25.5 Å². The number of nitrogens with zero attached hydrogens (tertiary/aromatic N) is 4. The van der Waals surface area contributed by atoms with E-state index in [9.17, 15) is 23.6 Å². The fraction of sp³-hybridized carbons (Fsp3) is 0.344. The second-order valence-corrected chi connectivity index (χ2v) is 11.2. The van der Waals surface area contributed by atoms with Gasteiger partial charge in [-0.3, -0.25) is 4.90 Å². The Morgan fingerprint density at radius 1 is 0.951 bits per heavy atom. The molecule has 0 aromatic heterocycles. The van der Waals surface area contributed by atoms with Gasteiger partial charge in [-0.15, -0.1) is 0 Å². The second kappa shape index (κ2) is 10.9. The number of hydrogen-bond acceptors (Lipinski definition) is 4. The molecule has 3 aliphatic rings. The van der Waals surface area contributed by atoms with Crippen molar-refractivity contribution in [2.45, 2.75) is 49.7 Å². The molecule has 1 atom stereocenters. The predicted molar refractivity (Wildman–Crippen MR) is 150 cm³/mol. The topological polar surface area (TPSA) is 79.7 Å². The van der Waals surface area contributed by atoms with Gasteiger partial charge >= 0.3 is 12.1 Å². The highest BCUT2D eigenvalue weighted by atomic mass is 19.2. The number of rotatable bonds is 4. The van der Waals surface area contributed by atoms with E-state index in [1.807, 2.05) is 18.2 Å². The average molecular weight is 556 g/mol. The number of fused-ring (bicyclic) bond motifs is 1. The summed E-state index contributed by atoms with van der Waals surface area (Å²) in [5, 5.41) is 12.2. The monoisotopic (exact) mass is 555 g/mol. The van der Waals surface area contributed by atoms with Crippen molar-refractivity contribution >= 4 is 17.7 Å². The highest BCUT2D eigenvalue weighted by molar-refractivity contribution is 6.04. The van der Waals surface area contributed by atoms with Crippen LogP contribution in [0.4, 0.5) is 24.1 Å². The van der Waals surface area contributed by atoms with E-state index in [-0.39, 0.29) is 6.04 Å². The molecule has 0 radical (unpaired) electrons. The molecule has 2 aliphatic heterocycles. The molecule has 3 aromatic rings. The van der Waals surface area contributed by atoms with E-state index < -0.39 is 29.7 Å². The molecule has 6 rings (SSSR count). The number of urea groups is 2. The lowest BCUT2D eigenvalue weighted by Crippen LogP contribution is -2.65. The van der Waals surface area contributed by atoms with Gasteiger partial charge in [0.1, 0.15) is 0 Å². The first-order chi connectivity index (χ1) is 19.9. The van der Waals surface area contributed by atoms with E-state index in [0.29, 0.717) is 41.9 Å². The third-order valence-electron chi connectivity index (χ3n) is 8.91. The van der Waals surface area contributed by atoms with E-state index in [1.54, 1.807) is 36.2 Å². The first-order valence-electron chi connectivity index (χ1n) is 14.0. The molecule has 4 amide bonds. The van der Waals surface area contributed by atoms with Crippen molar-refractivity contribution in [2.24, 2.45) is 0 Å². The summed E-state index contributed by atoms with van der Waals surface area (Å²) < 4.78 is 28.0.